The first kappa shape index (κ1) is 14.4. The van der Waals surface area contributed by atoms with Crippen LogP contribution in [-0.2, 0) is 4.79 Å². The Kier molecular flexibility index (Phi) is 5.87. The molecule has 1 fully saturated rings. The third kappa shape index (κ3) is 3.65. The number of hydrogen-bond donors (Lipinski definition) is 2. The molecule has 0 aromatic heterocycles. The van der Waals surface area contributed by atoms with Gasteiger partial charge in [-0.05, 0) is 18.9 Å². The van der Waals surface area contributed by atoms with E-state index < -0.39 is 0 Å². The van der Waals surface area contributed by atoms with E-state index in [4.69, 9.17) is 6.42 Å². The van der Waals surface area contributed by atoms with Crippen LogP contribution in [0, 0.1) is 23.7 Å². The van der Waals surface area contributed by atoms with E-state index in [1.807, 2.05) is 0 Å². The van der Waals surface area contributed by atoms with Crippen molar-refractivity contribution in [1.82, 2.24) is 10.6 Å². The molecule has 1 heterocycles. The van der Waals surface area contributed by atoms with Gasteiger partial charge in [0.25, 0.3) is 0 Å². The Morgan fingerprint density at radius 2 is 2.41 bits per heavy atom. The monoisotopic (exact) mass is 254 g/mol. The summed E-state index contributed by atoms with van der Waals surface area (Å²) < 4.78 is 0. The quantitative estimate of drug-likeness (QED) is 0.551. The van der Waals surface area contributed by atoms with E-state index in [-0.39, 0.29) is 11.3 Å². The number of rotatable bonds is 6. The molecule has 0 aromatic carbocycles. The van der Waals surface area contributed by atoms with Gasteiger partial charge in [0.1, 0.15) is 0 Å². The maximum absolute atomic E-state index is 12.2. The maximum atomic E-state index is 12.2. The van der Waals surface area contributed by atoms with Gasteiger partial charge in [-0.1, -0.05) is 19.8 Å². The normalized spacial score (nSPS) is 23.6. The van der Waals surface area contributed by atoms with Crippen LogP contribution in [-0.4, -0.2) is 37.0 Å². The van der Waals surface area contributed by atoms with Gasteiger partial charge >= 0.3 is 0 Å². The number of nitrogens with one attached hydrogen (secondary N) is 2. The van der Waals surface area contributed by atoms with Crippen LogP contribution >= 0.6 is 11.8 Å². The third-order valence-electron chi connectivity index (χ3n) is 3.46. The minimum absolute atomic E-state index is 0.193. The Balaban J connectivity index is 2.37. The molecule has 4 heteroatoms. The molecule has 0 aromatic rings. The summed E-state index contributed by atoms with van der Waals surface area (Å²) in [5.74, 6) is 4.74. The van der Waals surface area contributed by atoms with E-state index in [1.165, 1.54) is 0 Å². The first-order chi connectivity index (χ1) is 8.13. The fourth-order valence-electron chi connectivity index (χ4n) is 2.20. The van der Waals surface area contributed by atoms with Crippen molar-refractivity contribution in [2.75, 3.05) is 31.1 Å². The van der Waals surface area contributed by atoms with Crippen molar-refractivity contribution in [1.29, 1.82) is 0 Å². The molecule has 0 saturated carbocycles. The lowest BCUT2D eigenvalue weighted by Crippen LogP contribution is -2.46. The van der Waals surface area contributed by atoms with Crippen LogP contribution in [0.15, 0.2) is 0 Å². The van der Waals surface area contributed by atoms with Crippen LogP contribution in [0.3, 0.4) is 0 Å². The first-order valence-electron chi connectivity index (χ1n) is 6.13. The molecule has 3 nitrogen and oxygen atoms in total. The zero-order valence-corrected chi connectivity index (χ0v) is 11.5. The highest BCUT2D eigenvalue weighted by Gasteiger charge is 2.43. The Morgan fingerprint density at radius 3 is 2.94 bits per heavy atom. The van der Waals surface area contributed by atoms with Crippen LogP contribution in [0.4, 0.5) is 0 Å². The molecule has 1 atom stereocenters. The molecule has 0 radical (unpaired) electrons. The summed E-state index contributed by atoms with van der Waals surface area (Å²) in [6.07, 6.45) is 6.10. The first-order valence-corrected chi connectivity index (χ1v) is 7.29. The van der Waals surface area contributed by atoms with Gasteiger partial charge in [-0.2, -0.15) is 0 Å². The number of thioether (sulfide) groups is 1. The Hall–Kier alpha value is -0.660. The van der Waals surface area contributed by atoms with Crippen LogP contribution in [0.1, 0.15) is 20.3 Å². The Labute approximate surface area is 108 Å². The Bertz CT molecular complexity index is 290. The van der Waals surface area contributed by atoms with E-state index >= 15 is 0 Å². The molecule has 96 valence electrons. The van der Waals surface area contributed by atoms with Crippen molar-refractivity contribution >= 4 is 17.7 Å². The lowest BCUT2D eigenvalue weighted by atomic mass is 9.75. The second-order valence-electron chi connectivity index (χ2n) is 4.75. The molecule has 17 heavy (non-hydrogen) atoms. The predicted octanol–water partition coefficient (Wildman–Crippen LogP) is 1.10. The standard InChI is InChI=1S/C13H22N2OS/c1-4-8-17-9-7-15-12(16)13(11(2)3)5-6-14-10-13/h1,11,14H,5-10H2,2-3H3,(H,15,16). The molecule has 1 aliphatic heterocycles. The zero-order chi connectivity index (χ0) is 12.7. The molecule has 0 spiro atoms. The van der Waals surface area contributed by atoms with E-state index in [9.17, 15) is 4.79 Å². The SMILES string of the molecule is C#CCSCCNC(=O)C1(C(C)C)CCNC1. The summed E-state index contributed by atoms with van der Waals surface area (Å²) in [4.78, 5) is 12.2. The topological polar surface area (TPSA) is 41.1 Å². The van der Waals surface area contributed by atoms with Gasteiger partial charge in [0.2, 0.25) is 5.91 Å². The average molecular weight is 254 g/mol. The van der Waals surface area contributed by atoms with E-state index in [0.29, 0.717) is 18.2 Å². The summed E-state index contributed by atoms with van der Waals surface area (Å²) >= 11 is 1.68. The van der Waals surface area contributed by atoms with Crippen LogP contribution < -0.4 is 10.6 Å². The maximum Gasteiger partial charge on any atom is 0.227 e. The van der Waals surface area contributed by atoms with Gasteiger partial charge in [-0.3, -0.25) is 4.79 Å². The second-order valence-corrected chi connectivity index (χ2v) is 5.86. The molecule has 0 bridgehead atoms. The number of hydrogen-bond acceptors (Lipinski definition) is 3. The van der Waals surface area contributed by atoms with Gasteiger partial charge in [-0.15, -0.1) is 18.2 Å². The molecule has 1 unspecified atom stereocenters. The van der Waals surface area contributed by atoms with Gasteiger partial charge < -0.3 is 10.6 Å². The molecular formula is C13H22N2OS. The lowest BCUT2D eigenvalue weighted by molar-refractivity contribution is -0.132. The van der Waals surface area contributed by atoms with E-state index in [0.717, 1.165) is 25.3 Å². The average Bonchev–Trinajstić information content (AvgIpc) is 2.79. The third-order valence-corrected chi connectivity index (χ3v) is 4.33. The number of carbonyl (C=O) groups is 1. The van der Waals surface area contributed by atoms with Crippen molar-refractivity contribution < 1.29 is 4.79 Å². The second kappa shape index (κ2) is 6.93. The van der Waals surface area contributed by atoms with E-state index in [1.54, 1.807) is 11.8 Å². The van der Waals surface area contributed by atoms with E-state index in [2.05, 4.69) is 30.4 Å². The summed E-state index contributed by atoms with van der Waals surface area (Å²) in [6.45, 7) is 6.70. The van der Waals surface area contributed by atoms with Crippen molar-refractivity contribution in [3.63, 3.8) is 0 Å². The fraction of sp³-hybridized carbons (Fsp3) is 0.769. The smallest absolute Gasteiger partial charge is 0.227 e. The van der Waals surface area contributed by atoms with Gasteiger partial charge in [0, 0.05) is 18.8 Å². The largest absolute Gasteiger partial charge is 0.355 e. The summed E-state index contributed by atoms with van der Waals surface area (Å²) in [7, 11) is 0. The highest BCUT2D eigenvalue weighted by Crippen LogP contribution is 2.34. The van der Waals surface area contributed by atoms with Gasteiger partial charge in [0.05, 0.1) is 11.2 Å². The van der Waals surface area contributed by atoms with Crippen molar-refractivity contribution in [3.8, 4) is 12.3 Å². The van der Waals surface area contributed by atoms with Crippen LogP contribution in [0.2, 0.25) is 0 Å². The molecule has 1 aliphatic rings. The highest BCUT2D eigenvalue weighted by atomic mass is 32.2. The summed E-state index contributed by atoms with van der Waals surface area (Å²) in [5, 5.41) is 6.33. The fourth-order valence-corrected chi connectivity index (χ4v) is 2.71. The van der Waals surface area contributed by atoms with Crippen LogP contribution in [0.5, 0.6) is 0 Å². The molecule has 1 amide bonds. The molecule has 1 saturated heterocycles. The molecule has 1 rings (SSSR count). The van der Waals surface area contributed by atoms with Crippen molar-refractivity contribution in [3.05, 3.63) is 0 Å². The number of amides is 1. The highest BCUT2D eigenvalue weighted by molar-refractivity contribution is 7.99. The number of carbonyl (C=O) groups excluding carboxylic acids is 1. The lowest BCUT2D eigenvalue weighted by Gasteiger charge is -2.31. The van der Waals surface area contributed by atoms with Crippen LogP contribution in [0.25, 0.3) is 0 Å². The van der Waals surface area contributed by atoms with Gasteiger partial charge in [0.15, 0.2) is 0 Å². The molecular weight excluding hydrogens is 232 g/mol. The zero-order valence-electron chi connectivity index (χ0n) is 10.7. The minimum atomic E-state index is -0.212. The molecule has 0 aliphatic carbocycles. The van der Waals surface area contributed by atoms with Crippen molar-refractivity contribution in [2.45, 2.75) is 20.3 Å². The number of terminal acetylenes is 1. The minimum Gasteiger partial charge on any atom is -0.355 e. The molecule has 2 N–H and O–H groups in total. The van der Waals surface area contributed by atoms with Crippen molar-refractivity contribution in [2.24, 2.45) is 11.3 Å². The Morgan fingerprint density at radius 1 is 1.65 bits per heavy atom. The van der Waals surface area contributed by atoms with Gasteiger partial charge in [-0.25, -0.2) is 0 Å². The predicted molar refractivity (Wildman–Crippen MR) is 73.9 cm³/mol. The summed E-state index contributed by atoms with van der Waals surface area (Å²) in [5.41, 5.74) is -0.212. The summed E-state index contributed by atoms with van der Waals surface area (Å²) in [6, 6.07) is 0.